The number of aromatic nitrogens is 2. The molecule has 196 valence electrons. The van der Waals surface area contributed by atoms with Crippen LogP contribution >= 0.6 is 22.9 Å². The van der Waals surface area contributed by atoms with Gasteiger partial charge in [0.25, 0.3) is 0 Å². The van der Waals surface area contributed by atoms with Crippen molar-refractivity contribution in [3.63, 3.8) is 0 Å². The van der Waals surface area contributed by atoms with Crippen LogP contribution in [0.15, 0.2) is 18.2 Å². The number of nitrogens with zero attached hydrogens (tertiary/aromatic N) is 4. The topological polar surface area (TPSA) is 77.0 Å². The quantitative estimate of drug-likeness (QED) is 0.419. The van der Waals surface area contributed by atoms with Crippen LogP contribution in [0.3, 0.4) is 0 Å². The standard InChI is InChI=1S/C25H32ClFN4O4S/c1-25(2,3)35-24(32)31-16-8-10-18(31)21(27)19(12-16)30(15-6-7-15)23-29-28-22(36-23)17-9-5-14(26)11-20(17)34-13-33-4/h5,9,11,15-16,18-19,21H,6-8,10,12-13H2,1-4H3/t16-,18+,19-,21+/m0/s1. The van der Waals surface area contributed by atoms with Crippen molar-refractivity contribution < 1.29 is 23.4 Å². The molecular formula is C25H32ClFN4O4S. The number of piperidine rings is 1. The predicted octanol–water partition coefficient (Wildman–Crippen LogP) is 5.69. The monoisotopic (exact) mass is 538 g/mol. The van der Waals surface area contributed by atoms with Crippen molar-refractivity contribution in [2.45, 2.75) is 88.8 Å². The largest absolute Gasteiger partial charge is 0.467 e. The van der Waals surface area contributed by atoms with Crippen LogP contribution in [0.2, 0.25) is 5.02 Å². The highest BCUT2D eigenvalue weighted by Gasteiger charge is 2.54. The van der Waals surface area contributed by atoms with Gasteiger partial charge in [-0.1, -0.05) is 22.9 Å². The Labute approximate surface area is 219 Å². The highest BCUT2D eigenvalue weighted by atomic mass is 35.5. The summed E-state index contributed by atoms with van der Waals surface area (Å²) >= 11 is 7.59. The molecule has 1 aliphatic carbocycles. The van der Waals surface area contributed by atoms with Crippen molar-refractivity contribution in [2.24, 2.45) is 0 Å². The van der Waals surface area contributed by atoms with Crippen molar-refractivity contribution in [1.29, 1.82) is 0 Å². The van der Waals surface area contributed by atoms with Gasteiger partial charge in [-0.3, -0.25) is 4.90 Å². The van der Waals surface area contributed by atoms with Gasteiger partial charge >= 0.3 is 6.09 Å². The van der Waals surface area contributed by atoms with Crippen LogP contribution in [0.5, 0.6) is 5.75 Å². The van der Waals surface area contributed by atoms with Crippen molar-refractivity contribution in [3.8, 4) is 16.3 Å². The maximum Gasteiger partial charge on any atom is 0.410 e. The summed E-state index contributed by atoms with van der Waals surface area (Å²) in [7, 11) is 1.55. The Morgan fingerprint density at radius 1 is 1.25 bits per heavy atom. The highest BCUT2D eigenvalue weighted by molar-refractivity contribution is 7.18. The average molecular weight is 539 g/mol. The molecule has 1 amide bonds. The van der Waals surface area contributed by atoms with Gasteiger partial charge in [0.05, 0.1) is 17.6 Å². The molecule has 1 saturated carbocycles. The number of carbonyl (C=O) groups excluding carboxylic acids is 1. The first-order chi connectivity index (χ1) is 17.2. The smallest absolute Gasteiger partial charge is 0.410 e. The Morgan fingerprint density at radius 3 is 2.72 bits per heavy atom. The summed E-state index contributed by atoms with van der Waals surface area (Å²) in [6.45, 7) is 5.58. The number of amides is 1. The Morgan fingerprint density at radius 2 is 2.03 bits per heavy atom. The zero-order valence-electron chi connectivity index (χ0n) is 20.9. The second-order valence-electron chi connectivity index (χ2n) is 10.7. The molecule has 2 aliphatic heterocycles. The Balaban J connectivity index is 1.39. The first kappa shape index (κ1) is 25.5. The minimum atomic E-state index is -1.19. The fraction of sp³-hybridized carbons (Fsp3) is 0.640. The third kappa shape index (κ3) is 5.13. The van der Waals surface area contributed by atoms with Gasteiger partial charge in [-0.15, -0.1) is 10.2 Å². The Bertz CT molecular complexity index is 1110. The van der Waals surface area contributed by atoms with Crippen molar-refractivity contribution in [2.75, 3.05) is 18.8 Å². The maximum atomic E-state index is 16.1. The molecular weight excluding hydrogens is 507 g/mol. The Kier molecular flexibility index (Phi) is 7.04. The van der Waals surface area contributed by atoms with Crippen molar-refractivity contribution in [1.82, 2.24) is 15.1 Å². The molecule has 5 rings (SSSR count). The second-order valence-corrected chi connectivity index (χ2v) is 12.0. The molecule has 11 heteroatoms. The van der Waals surface area contributed by atoms with E-state index in [1.165, 1.54) is 11.3 Å². The number of rotatable bonds is 7. The molecule has 36 heavy (non-hydrogen) atoms. The number of carbonyl (C=O) groups is 1. The molecule has 8 nitrogen and oxygen atoms in total. The lowest BCUT2D eigenvalue weighted by Gasteiger charge is -2.45. The van der Waals surface area contributed by atoms with Crippen LogP contribution in [-0.4, -0.2) is 71.0 Å². The molecule has 0 N–H and O–H groups in total. The van der Waals surface area contributed by atoms with E-state index in [4.69, 9.17) is 25.8 Å². The fourth-order valence-electron chi connectivity index (χ4n) is 5.25. The second kappa shape index (κ2) is 9.95. The summed E-state index contributed by atoms with van der Waals surface area (Å²) in [5.41, 5.74) is 0.142. The molecule has 1 aromatic heterocycles. The maximum absolute atomic E-state index is 16.1. The summed E-state index contributed by atoms with van der Waals surface area (Å²) in [4.78, 5) is 16.6. The number of halogens is 2. The van der Waals surface area contributed by atoms with E-state index in [1.54, 1.807) is 24.1 Å². The van der Waals surface area contributed by atoms with E-state index in [0.29, 0.717) is 33.8 Å². The van der Waals surface area contributed by atoms with Gasteiger partial charge < -0.3 is 19.1 Å². The van der Waals surface area contributed by atoms with Crippen LogP contribution in [0.4, 0.5) is 14.3 Å². The zero-order chi connectivity index (χ0) is 25.6. The number of alkyl halides is 1. The Hall–Kier alpha value is -2.17. The number of anilines is 1. The molecule has 3 aliphatic rings. The highest BCUT2D eigenvalue weighted by Crippen LogP contribution is 2.46. The number of ether oxygens (including phenoxy) is 3. The number of benzene rings is 1. The van der Waals surface area contributed by atoms with Gasteiger partial charge in [0.1, 0.15) is 17.5 Å². The van der Waals surface area contributed by atoms with E-state index in [9.17, 15) is 4.79 Å². The van der Waals surface area contributed by atoms with Gasteiger partial charge in [-0.25, -0.2) is 9.18 Å². The molecule has 2 saturated heterocycles. The predicted molar refractivity (Wildman–Crippen MR) is 137 cm³/mol. The lowest BCUT2D eigenvalue weighted by molar-refractivity contribution is -0.0108. The van der Waals surface area contributed by atoms with E-state index in [-0.39, 0.29) is 24.9 Å². The lowest BCUT2D eigenvalue weighted by atomic mass is 9.94. The summed E-state index contributed by atoms with van der Waals surface area (Å²) < 4.78 is 32.4. The van der Waals surface area contributed by atoms with Gasteiger partial charge in [-0.05, 0) is 71.1 Å². The van der Waals surface area contributed by atoms with Crippen LogP contribution in [0.25, 0.3) is 10.6 Å². The summed E-state index contributed by atoms with van der Waals surface area (Å²) in [5, 5.41) is 10.8. The third-order valence-corrected chi connectivity index (χ3v) is 8.04. The summed E-state index contributed by atoms with van der Waals surface area (Å²) in [6, 6.07) is 4.69. The summed E-state index contributed by atoms with van der Waals surface area (Å²) in [5.74, 6) is 0.553. The molecule has 3 fully saturated rings. The molecule has 2 aromatic rings. The van der Waals surface area contributed by atoms with Crippen molar-refractivity contribution in [3.05, 3.63) is 23.2 Å². The normalized spacial score (nSPS) is 25.7. The first-order valence-electron chi connectivity index (χ1n) is 12.3. The van der Waals surface area contributed by atoms with E-state index in [2.05, 4.69) is 15.1 Å². The number of hydrogen-bond acceptors (Lipinski definition) is 8. The SMILES string of the molecule is COCOc1cc(Cl)ccc1-c1nnc(N(C2CC2)[C@H]2C[C@@H]3CC[C@H]([C@H]2F)N3C(=O)OC(C)(C)C)s1. The van der Waals surface area contributed by atoms with Crippen LogP contribution < -0.4 is 9.64 Å². The van der Waals surface area contributed by atoms with E-state index in [1.807, 2.05) is 26.8 Å². The van der Waals surface area contributed by atoms with Gasteiger partial charge in [0.2, 0.25) is 5.13 Å². The average Bonchev–Trinajstić information content (AvgIpc) is 3.41. The summed E-state index contributed by atoms with van der Waals surface area (Å²) in [6.07, 6.45) is 2.35. The number of methoxy groups -OCH3 is 1. The molecule has 4 atom stereocenters. The molecule has 0 radical (unpaired) electrons. The van der Waals surface area contributed by atoms with Gasteiger partial charge in [0, 0.05) is 24.2 Å². The third-order valence-electron chi connectivity index (χ3n) is 6.84. The molecule has 3 heterocycles. The van der Waals surface area contributed by atoms with Crippen LogP contribution in [-0.2, 0) is 9.47 Å². The minimum absolute atomic E-state index is 0.0409. The minimum Gasteiger partial charge on any atom is -0.467 e. The zero-order valence-corrected chi connectivity index (χ0v) is 22.5. The van der Waals surface area contributed by atoms with Gasteiger partial charge in [0.15, 0.2) is 11.8 Å². The van der Waals surface area contributed by atoms with E-state index in [0.717, 1.165) is 24.8 Å². The fourth-order valence-corrected chi connectivity index (χ4v) is 6.42. The molecule has 0 unspecified atom stereocenters. The number of fused-ring (bicyclic) bond motifs is 2. The first-order valence-corrected chi connectivity index (χ1v) is 13.5. The van der Waals surface area contributed by atoms with E-state index < -0.39 is 23.9 Å². The molecule has 0 spiro atoms. The molecule has 2 bridgehead atoms. The van der Waals surface area contributed by atoms with E-state index >= 15 is 4.39 Å². The molecule has 1 aromatic carbocycles. The van der Waals surface area contributed by atoms with Crippen molar-refractivity contribution >= 4 is 34.2 Å². The lowest BCUT2D eigenvalue weighted by Crippen LogP contribution is -2.60. The number of hydrogen-bond donors (Lipinski definition) is 0. The van der Waals surface area contributed by atoms with Crippen LogP contribution in [0.1, 0.15) is 52.9 Å². The van der Waals surface area contributed by atoms with Crippen LogP contribution in [0, 0.1) is 0 Å². The van der Waals surface area contributed by atoms with Gasteiger partial charge in [-0.2, -0.15) is 0 Å².